The maximum Gasteiger partial charge on any atom is 0.311 e. The van der Waals surface area contributed by atoms with Crippen molar-refractivity contribution in [3.05, 3.63) is 11.1 Å². The summed E-state index contributed by atoms with van der Waals surface area (Å²) in [5.74, 6) is -0.249. The van der Waals surface area contributed by atoms with Gasteiger partial charge in [-0.1, -0.05) is 0 Å². The molecule has 0 aromatic carbocycles. The van der Waals surface area contributed by atoms with Crippen molar-refractivity contribution < 1.29 is 14.3 Å². The van der Waals surface area contributed by atoms with Gasteiger partial charge in [0.2, 0.25) is 0 Å². The third-order valence-corrected chi connectivity index (χ3v) is 3.54. The summed E-state index contributed by atoms with van der Waals surface area (Å²) < 4.78 is 10.0. The molecule has 6 heteroatoms. The number of esters is 1. The third-order valence-electron chi connectivity index (χ3n) is 2.59. The first-order valence-electron chi connectivity index (χ1n) is 5.63. The number of aromatic nitrogens is 1. The summed E-state index contributed by atoms with van der Waals surface area (Å²) in [4.78, 5) is 17.8. The normalized spacial score (nSPS) is 16.6. The summed E-state index contributed by atoms with van der Waals surface area (Å²) in [6.45, 7) is 3.39. The second kappa shape index (κ2) is 5.97. The van der Waals surface area contributed by atoms with Gasteiger partial charge in [0.05, 0.1) is 25.8 Å². The predicted octanol–water partition coefficient (Wildman–Crippen LogP) is 1.09. The molecule has 0 aliphatic carbocycles. The lowest BCUT2D eigenvalue weighted by molar-refractivity contribution is -0.139. The first-order valence-corrected chi connectivity index (χ1v) is 6.51. The predicted molar refractivity (Wildman–Crippen MR) is 65.5 cm³/mol. The van der Waals surface area contributed by atoms with Crippen LogP contribution >= 0.6 is 11.3 Å². The zero-order valence-corrected chi connectivity index (χ0v) is 10.7. The Morgan fingerprint density at radius 3 is 3.29 bits per heavy atom. The topological polar surface area (TPSA) is 51.7 Å². The van der Waals surface area contributed by atoms with Gasteiger partial charge in [-0.3, -0.25) is 4.79 Å². The van der Waals surface area contributed by atoms with Crippen LogP contribution in [0, 0.1) is 0 Å². The Hall–Kier alpha value is -1.14. The standard InChI is InChI=1S/C11H16N2O3S/c1-15-10(14)7-9-8-17-11(12-9)13-3-2-5-16-6-4-13/h8H,2-7H2,1H3. The van der Waals surface area contributed by atoms with Crippen molar-refractivity contribution >= 4 is 22.4 Å². The SMILES string of the molecule is COC(=O)Cc1csc(N2CCCOCC2)n1. The molecule has 0 saturated carbocycles. The second-order valence-electron chi connectivity index (χ2n) is 3.83. The molecular formula is C11H16N2O3S. The summed E-state index contributed by atoms with van der Waals surface area (Å²) in [5, 5.41) is 2.88. The highest BCUT2D eigenvalue weighted by atomic mass is 32.1. The second-order valence-corrected chi connectivity index (χ2v) is 4.66. The van der Waals surface area contributed by atoms with E-state index in [1.54, 1.807) is 11.3 Å². The minimum atomic E-state index is -0.249. The van der Waals surface area contributed by atoms with E-state index in [-0.39, 0.29) is 12.4 Å². The van der Waals surface area contributed by atoms with Gasteiger partial charge in [0.1, 0.15) is 0 Å². The van der Waals surface area contributed by atoms with Crippen molar-refractivity contribution in [1.29, 1.82) is 0 Å². The smallest absolute Gasteiger partial charge is 0.311 e. The van der Waals surface area contributed by atoms with E-state index in [0.29, 0.717) is 0 Å². The molecule has 0 atom stereocenters. The van der Waals surface area contributed by atoms with Crippen molar-refractivity contribution in [2.75, 3.05) is 38.3 Å². The van der Waals surface area contributed by atoms with Gasteiger partial charge in [-0.15, -0.1) is 11.3 Å². The van der Waals surface area contributed by atoms with Gasteiger partial charge in [0, 0.05) is 25.1 Å². The maximum absolute atomic E-state index is 11.1. The molecule has 0 radical (unpaired) electrons. The largest absolute Gasteiger partial charge is 0.469 e. The number of rotatable bonds is 3. The summed E-state index contributed by atoms with van der Waals surface area (Å²) in [7, 11) is 1.39. The molecule has 1 fully saturated rings. The fraction of sp³-hybridized carbons (Fsp3) is 0.636. The number of hydrogen-bond acceptors (Lipinski definition) is 6. The molecule has 94 valence electrons. The van der Waals surface area contributed by atoms with Crippen LogP contribution in [-0.2, 0) is 20.7 Å². The molecule has 1 aromatic heterocycles. The maximum atomic E-state index is 11.1. The average molecular weight is 256 g/mol. The number of nitrogens with zero attached hydrogens (tertiary/aromatic N) is 2. The van der Waals surface area contributed by atoms with Gasteiger partial charge in [0.15, 0.2) is 5.13 Å². The first kappa shape index (κ1) is 12.3. The quantitative estimate of drug-likeness (QED) is 0.758. The Labute approximate surface area is 104 Å². The van der Waals surface area contributed by atoms with Crippen molar-refractivity contribution in [2.24, 2.45) is 0 Å². The van der Waals surface area contributed by atoms with Crippen molar-refractivity contribution in [2.45, 2.75) is 12.8 Å². The number of ether oxygens (including phenoxy) is 2. The molecular weight excluding hydrogens is 240 g/mol. The van der Waals surface area contributed by atoms with E-state index in [0.717, 1.165) is 43.5 Å². The number of anilines is 1. The third kappa shape index (κ3) is 3.41. The van der Waals surface area contributed by atoms with Crippen LogP contribution in [0.5, 0.6) is 0 Å². The van der Waals surface area contributed by atoms with Crippen LogP contribution in [0.15, 0.2) is 5.38 Å². The molecule has 17 heavy (non-hydrogen) atoms. The van der Waals surface area contributed by atoms with Crippen LogP contribution in [0.3, 0.4) is 0 Å². The molecule has 2 rings (SSSR count). The zero-order chi connectivity index (χ0) is 12.1. The molecule has 0 unspecified atom stereocenters. The number of thiazole rings is 1. The number of carbonyl (C=O) groups is 1. The minimum absolute atomic E-state index is 0.247. The number of hydrogen-bond donors (Lipinski definition) is 0. The first-order chi connectivity index (χ1) is 8.29. The lowest BCUT2D eigenvalue weighted by Crippen LogP contribution is -2.25. The Balaban J connectivity index is 1.98. The summed E-state index contributed by atoms with van der Waals surface area (Å²) in [5.41, 5.74) is 0.780. The molecule has 0 spiro atoms. The highest BCUT2D eigenvalue weighted by Crippen LogP contribution is 2.21. The van der Waals surface area contributed by atoms with Crippen LogP contribution in [0.25, 0.3) is 0 Å². The molecule has 0 N–H and O–H groups in total. The van der Waals surface area contributed by atoms with E-state index in [9.17, 15) is 4.79 Å². The van der Waals surface area contributed by atoms with E-state index in [4.69, 9.17) is 4.74 Å². The summed E-state index contributed by atoms with van der Waals surface area (Å²) in [6, 6.07) is 0. The Morgan fingerprint density at radius 2 is 2.47 bits per heavy atom. The molecule has 1 aromatic rings. The van der Waals surface area contributed by atoms with Crippen LogP contribution in [0.1, 0.15) is 12.1 Å². The van der Waals surface area contributed by atoms with Gasteiger partial charge < -0.3 is 14.4 Å². The van der Waals surface area contributed by atoms with Crippen LogP contribution in [-0.4, -0.2) is 44.4 Å². The highest BCUT2D eigenvalue weighted by molar-refractivity contribution is 7.13. The Morgan fingerprint density at radius 1 is 1.59 bits per heavy atom. The van der Waals surface area contributed by atoms with E-state index in [2.05, 4.69) is 14.6 Å². The highest BCUT2D eigenvalue weighted by Gasteiger charge is 2.14. The van der Waals surface area contributed by atoms with E-state index in [1.807, 2.05) is 5.38 Å². The van der Waals surface area contributed by atoms with Gasteiger partial charge in [0.25, 0.3) is 0 Å². The van der Waals surface area contributed by atoms with E-state index < -0.39 is 0 Å². The van der Waals surface area contributed by atoms with Crippen LogP contribution in [0.4, 0.5) is 5.13 Å². The van der Waals surface area contributed by atoms with E-state index in [1.165, 1.54) is 7.11 Å². The molecule has 1 saturated heterocycles. The summed E-state index contributed by atoms with van der Waals surface area (Å²) in [6.07, 6.45) is 1.27. The van der Waals surface area contributed by atoms with Crippen molar-refractivity contribution in [3.63, 3.8) is 0 Å². The monoisotopic (exact) mass is 256 g/mol. The Kier molecular flexibility index (Phi) is 4.33. The molecule has 0 amide bonds. The van der Waals surface area contributed by atoms with Gasteiger partial charge >= 0.3 is 5.97 Å². The van der Waals surface area contributed by atoms with Gasteiger partial charge in [-0.05, 0) is 6.42 Å². The van der Waals surface area contributed by atoms with Gasteiger partial charge in [-0.25, -0.2) is 4.98 Å². The molecule has 5 nitrogen and oxygen atoms in total. The minimum Gasteiger partial charge on any atom is -0.469 e. The van der Waals surface area contributed by atoms with Gasteiger partial charge in [-0.2, -0.15) is 0 Å². The van der Waals surface area contributed by atoms with Crippen LogP contribution < -0.4 is 4.90 Å². The van der Waals surface area contributed by atoms with Crippen LogP contribution in [0.2, 0.25) is 0 Å². The number of methoxy groups -OCH3 is 1. The zero-order valence-electron chi connectivity index (χ0n) is 9.85. The molecule has 0 bridgehead atoms. The fourth-order valence-corrected chi connectivity index (χ4v) is 2.56. The lowest BCUT2D eigenvalue weighted by atomic mass is 10.3. The summed E-state index contributed by atoms with van der Waals surface area (Å²) >= 11 is 1.57. The molecule has 2 heterocycles. The molecule has 1 aliphatic rings. The van der Waals surface area contributed by atoms with E-state index >= 15 is 0 Å². The number of carbonyl (C=O) groups excluding carboxylic acids is 1. The Bertz CT molecular complexity index is 373. The molecule has 1 aliphatic heterocycles. The van der Waals surface area contributed by atoms with Crippen molar-refractivity contribution in [1.82, 2.24) is 4.98 Å². The average Bonchev–Trinajstić information content (AvgIpc) is 2.63. The lowest BCUT2D eigenvalue weighted by Gasteiger charge is -2.17. The fourth-order valence-electron chi connectivity index (χ4n) is 1.68. The van der Waals surface area contributed by atoms with Crippen molar-refractivity contribution in [3.8, 4) is 0 Å².